The summed E-state index contributed by atoms with van der Waals surface area (Å²) >= 11 is 5.01. The van der Waals surface area contributed by atoms with E-state index < -0.39 is 5.97 Å². The predicted molar refractivity (Wildman–Crippen MR) is 115 cm³/mol. The van der Waals surface area contributed by atoms with Crippen LogP contribution in [0, 0.1) is 11.7 Å². The number of anilines is 1. The summed E-state index contributed by atoms with van der Waals surface area (Å²) in [4.78, 5) is 15.7. The van der Waals surface area contributed by atoms with Gasteiger partial charge in [0.05, 0.1) is 15.9 Å². The summed E-state index contributed by atoms with van der Waals surface area (Å²) in [6, 6.07) is 14.1. The van der Waals surface area contributed by atoms with Crippen LogP contribution in [0.1, 0.15) is 20.3 Å². The molecule has 1 atom stereocenters. The first-order valence-electron chi connectivity index (χ1n) is 8.84. The number of carboxylic acid groups (broad SMARTS) is 1. The lowest BCUT2D eigenvalue weighted by molar-refractivity contribution is -0.137. The number of nitrogens with zero attached hydrogens (tertiary/aromatic N) is 1. The quantitative estimate of drug-likeness (QED) is 0.432. The minimum atomic E-state index is -0.835. The first kappa shape index (κ1) is 20.5. The van der Waals surface area contributed by atoms with E-state index in [4.69, 9.17) is 5.11 Å². The van der Waals surface area contributed by atoms with Crippen molar-refractivity contribution in [3.63, 3.8) is 0 Å². The maximum atomic E-state index is 13.1. The molecule has 0 amide bonds. The first-order valence-corrected chi connectivity index (χ1v) is 10.5. The van der Waals surface area contributed by atoms with Gasteiger partial charge < -0.3 is 10.4 Å². The lowest BCUT2D eigenvalue weighted by Gasteiger charge is -2.19. The molecule has 3 rings (SSSR count). The van der Waals surface area contributed by atoms with Crippen LogP contribution >= 0.6 is 27.3 Å². The van der Waals surface area contributed by atoms with Gasteiger partial charge in [-0.05, 0) is 45.1 Å². The fourth-order valence-corrected chi connectivity index (χ4v) is 4.36. The molecule has 146 valence electrons. The minimum Gasteiger partial charge on any atom is -0.481 e. The molecule has 0 saturated carbocycles. The summed E-state index contributed by atoms with van der Waals surface area (Å²) in [5, 5.41) is 13.0. The molecule has 2 N–H and O–H groups in total. The highest BCUT2D eigenvalue weighted by Crippen LogP contribution is 2.37. The van der Waals surface area contributed by atoms with E-state index >= 15 is 0 Å². The van der Waals surface area contributed by atoms with Gasteiger partial charge in [-0.25, -0.2) is 9.37 Å². The minimum absolute atomic E-state index is 0.0383. The molecule has 0 aliphatic heterocycles. The van der Waals surface area contributed by atoms with Crippen molar-refractivity contribution in [1.29, 1.82) is 0 Å². The summed E-state index contributed by atoms with van der Waals surface area (Å²) in [5.74, 6) is -0.926. The normalized spacial score (nSPS) is 12.2. The second-order valence-electron chi connectivity index (χ2n) is 6.82. The van der Waals surface area contributed by atoms with E-state index in [0.717, 1.165) is 26.2 Å². The lowest BCUT2D eigenvalue weighted by atomic mass is 10.0. The fourth-order valence-electron chi connectivity index (χ4n) is 2.80. The second-order valence-corrected chi connectivity index (χ2v) is 9.14. The Morgan fingerprint density at radius 1 is 1.11 bits per heavy atom. The van der Waals surface area contributed by atoms with Crippen molar-refractivity contribution in [2.45, 2.75) is 26.3 Å². The Morgan fingerprint density at radius 3 is 2.18 bits per heavy atom. The molecule has 0 aliphatic carbocycles. The number of thiazole rings is 1. The largest absolute Gasteiger partial charge is 0.481 e. The molecule has 4 nitrogen and oxygen atoms in total. The predicted octanol–water partition coefficient (Wildman–Crippen LogP) is 6.29. The zero-order chi connectivity index (χ0) is 20.3. The molecular formula is C21H20BrFN2O2S. The number of hydrogen-bond acceptors (Lipinski definition) is 4. The molecule has 3 aromatic rings. The van der Waals surface area contributed by atoms with Crippen LogP contribution in [-0.2, 0) is 4.79 Å². The zero-order valence-electron chi connectivity index (χ0n) is 15.4. The summed E-state index contributed by atoms with van der Waals surface area (Å²) in [6.45, 7) is 3.97. The van der Waals surface area contributed by atoms with E-state index in [1.54, 1.807) is 12.1 Å². The van der Waals surface area contributed by atoms with Gasteiger partial charge in [0.1, 0.15) is 5.82 Å². The van der Waals surface area contributed by atoms with Gasteiger partial charge in [0.25, 0.3) is 0 Å². The number of carbonyl (C=O) groups is 1. The van der Waals surface area contributed by atoms with Gasteiger partial charge in [0.15, 0.2) is 5.13 Å². The molecule has 1 aromatic heterocycles. The van der Waals surface area contributed by atoms with Crippen molar-refractivity contribution in [1.82, 2.24) is 4.98 Å². The van der Waals surface area contributed by atoms with E-state index in [0.29, 0.717) is 5.13 Å². The Kier molecular flexibility index (Phi) is 6.46. The Hall–Kier alpha value is -2.25. The average molecular weight is 463 g/mol. The first-order chi connectivity index (χ1) is 13.3. The lowest BCUT2D eigenvalue weighted by Crippen LogP contribution is -2.28. The maximum absolute atomic E-state index is 13.1. The highest BCUT2D eigenvalue weighted by atomic mass is 79.9. The van der Waals surface area contributed by atoms with Crippen LogP contribution in [0.15, 0.2) is 52.3 Å². The van der Waals surface area contributed by atoms with E-state index in [1.807, 2.05) is 38.1 Å². The number of aliphatic carboxylic acids is 1. The molecule has 2 aromatic carbocycles. The number of carboxylic acids is 1. The molecular weight excluding hydrogens is 443 g/mol. The van der Waals surface area contributed by atoms with Crippen molar-refractivity contribution in [2.75, 3.05) is 5.32 Å². The third-order valence-electron chi connectivity index (χ3n) is 4.43. The monoisotopic (exact) mass is 462 g/mol. The van der Waals surface area contributed by atoms with E-state index in [1.165, 1.54) is 23.5 Å². The van der Waals surface area contributed by atoms with Gasteiger partial charge >= 0.3 is 5.97 Å². The van der Waals surface area contributed by atoms with Crippen molar-refractivity contribution in [3.8, 4) is 22.4 Å². The van der Waals surface area contributed by atoms with E-state index in [9.17, 15) is 9.18 Å². The van der Waals surface area contributed by atoms with Crippen LogP contribution in [0.2, 0.25) is 0 Å². The van der Waals surface area contributed by atoms with E-state index in [-0.39, 0.29) is 24.2 Å². The number of nitrogens with one attached hydrogen (secondary N) is 1. The zero-order valence-corrected chi connectivity index (χ0v) is 17.8. The summed E-state index contributed by atoms with van der Waals surface area (Å²) < 4.78 is 14.0. The van der Waals surface area contributed by atoms with Crippen molar-refractivity contribution < 1.29 is 14.3 Å². The fraction of sp³-hybridized carbons (Fsp3) is 0.238. The van der Waals surface area contributed by atoms with Crippen LogP contribution in [0.4, 0.5) is 9.52 Å². The summed E-state index contributed by atoms with van der Waals surface area (Å²) in [5.41, 5.74) is 3.69. The van der Waals surface area contributed by atoms with Gasteiger partial charge in [-0.1, -0.05) is 61.6 Å². The molecule has 1 heterocycles. The molecule has 7 heteroatoms. The van der Waals surface area contributed by atoms with E-state index in [2.05, 4.69) is 26.2 Å². The van der Waals surface area contributed by atoms with Crippen molar-refractivity contribution in [2.24, 2.45) is 5.92 Å². The van der Waals surface area contributed by atoms with Crippen LogP contribution < -0.4 is 5.32 Å². The Balaban J connectivity index is 1.80. The molecule has 0 spiro atoms. The molecule has 0 bridgehead atoms. The number of benzene rings is 2. The van der Waals surface area contributed by atoms with Gasteiger partial charge in [-0.15, -0.1) is 0 Å². The molecule has 0 aliphatic rings. The van der Waals surface area contributed by atoms with Crippen LogP contribution in [-0.4, -0.2) is 22.1 Å². The third kappa shape index (κ3) is 4.97. The highest BCUT2D eigenvalue weighted by molar-refractivity contribution is 9.11. The average Bonchev–Trinajstić information content (AvgIpc) is 3.02. The van der Waals surface area contributed by atoms with Crippen LogP contribution in [0.3, 0.4) is 0 Å². The Bertz CT molecular complexity index is 956. The molecule has 28 heavy (non-hydrogen) atoms. The van der Waals surface area contributed by atoms with Gasteiger partial charge in [0.2, 0.25) is 0 Å². The highest BCUT2D eigenvalue weighted by Gasteiger charge is 2.20. The van der Waals surface area contributed by atoms with Gasteiger partial charge in [-0.3, -0.25) is 4.79 Å². The van der Waals surface area contributed by atoms with Crippen molar-refractivity contribution in [3.05, 3.63) is 58.1 Å². The number of rotatable bonds is 7. The van der Waals surface area contributed by atoms with Crippen molar-refractivity contribution >= 4 is 38.4 Å². The topological polar surface area (TPSA) is 62.2 Å². The molecule has 0 fully saturated rings. The number of aromatic nitrogens is 1. The molecule has 0 radical (unpaired) electrons. The van der Waals surface area contributed by atoms with Gasteiger partial charge in [0, 0.05) is 11.6 Å². The second kappa shape index (κ2) is 8.84. The SMILES string of the molecule is CC(C)[C@@H](CC(=O)O)Nc1nc(-c2ccc(-c3ccc(F)cc3)cc2)c(Br)s1. The third-order valence-corrected chi connectivity index (χ3v) is 6.07. The molecule has 0 saturated heterocycles. The number of halogens is 2. The Morgan fingerprint density at radius 2 is 1.64 bits per heavy atom. The maximum Gasteiger partial charge on any atom is 0.305 e. The standard InChI is InChI=1S/C21H20BrFN2O2S/c1-12(2)17(11-18(26)27)24-21-25-19(20(22)28-21)15-5-3-13(4-6-15)14-7-9-16(23)10-8-14/h3-10,12,17H,11H2,1-2H3,(H,24,25)(H,26,27)/t17-/m1/s1. The summed E-state index contributed by atoms with van der Waals surface area (Å²) in [6.07, 6.45) is 0.0383. The van der Waals surface area contributed by atoms with Gasteiger partial charge in [-0.2, -0.15) is 0 Å². The smallest absolute Gasteiger partial charge is 0.305 e. The van der Waals surface area contributed by atoms with Crippen LogP contribution in [0.25, 0.3) is 22.4 Å². The number of hydrogen-bond donors (Lipinski definition) is 2. The molecule has 0 unspecified atom stereocenters. The van der Waals surface area contributed by atoms with Crippen LogP contribution in [0.5, 0.6) is 0 Å². The summed E-state index contributed by atoms with van der Waals surface area (Å²) in [7, 11) is 0. The Labute approximate surface area is 175 Å².